The molecule has 4 rings (SSSR count). The number of carbonyl (C=O) groups excluding carboxylic acids is 2. The number of anilines is 1. The topological polar surface area (TPSA) is 216 Å². The summed E-state index contributed by atoms with van der Waals surface area (Å²) in [6, 6.07) is 10.0. The van der Waals surface area contributed by atoms with E-state index in [2.05, 4.69) is 20.3 Å². The van der Waals surface area contributed by atoms with E-state index in [1.54, 1.807) is 31.2 Å². The van der Waals surface area contributed by atoms with Gasteiger partial charge in [0.1, 0.15) is 30.3 Å². The molecule has 2 heterocycles. The first-order valence-corrected chi connectivity index (χ1v) is 15.7. The number of phosphoric ester groups is 1. The van der Waals surface area contributed by atoms with Crippen LogP contribution in [0.3, 0.4) is 0 Å². The number of amides is 4. The van der Waals surface area contributed by atoms with Crippen LogP contribution < -0.4 is 16.0 Å². The molecule has 4 amide bonds. The summed E-state index contributed by atoms with van der Waals surface area (Å²) in [7, 11) is -9.78. The number of rotatable bonds is 10. The Morgan fingerprint density at radius 1 is 1.12 bits per heavy atom. The normalized spacial score (nSPS) is 26.7. The van der Waals surface area contributed by atoms with Crippen molar-refractivity contribution in [1.82, 2.24) is 15.5 Å². The maximum absolute atomic E-state index is 13.0. The molecule has 42 heavy (non-hydrogen) atoms. The standard InChI is InChI=1S/C24H29FN4O11P2/c1-14-4-2-3-5-15(14)13-41(34,35)40-42(36,37)38-12-18-20(30)21(31)22(39-18)29-11-10-19(28-24(29)33)27-23(32)26-17-8-6-16(25)7-9-17/h2-11,18-22,30-31H,12-13H2,1H3,(H,28,33)(H,34,35)(H,36,37)(H2,26,27,32). The molecule has 2 aliphatic heterocycles. The number of halogens is 1. The molecule has 18 heteroatoms. The zero-order valence-corrected chi connectivity index (χ0v) is 23.7. The third kappa shape index (κ3) is 8.22. The fourth-order valence-electron chi connectivity index (χ4n) is 4.11. The zero-order valence-electron chi connectivity index (χ0n) is 21.9. The molecular weight excluding hydrogens is 601 g/mol. The summed E-state index contributed by atoms with van der Waals surface area (Å²) in [4.78, 5) is 45.8. The van der Waals surface area contributed by atoms with Gasteiger partial charge in [0.25, 0.3) is 0 Å². The minimum absolute atomic E-state index is 0.303. The van der Waals surface area contributed by atoms with E-state index in [0.717, 1.165) is 17.0 Å². The molecular formula is C24H29FN4O11P2. The predicted molar refractivity (Wildman–Crippen MR) is 144 cm³/mol. The second-order valence-electron chi connectivity index (χ2n) is 9.40. The van der Waals surface area contributed by atoms with Crippen LogP contribution in [-0.2, 0) is 28.9 Å². The van der Waals surface area contributed by atoms with E-state index in [4.69, 9.17) is 9.26 Å². The number of benzene rings is 2. The van der Waals surface area contributed by atoms with Crippen molar-refractivity contribution in [2.24, 2.45) is 0 Å². The number of phosphoric acid groups is 1. The van der Waals surface area contributed by atoms with Crippen LogP contribution >= 0.6 is 15.4 Å². The number of ether oxygens (including phenoxy) is 1. The molecule has 7 N–H and O–H groups in total. The molecule has 0 radical (unpaired) electrons. The van der Waals surface area contributed by atoms with Gasteiger partial charge in [0, 0.05) is 11.9 Å². The van der Waals surface area contributed by atoms with E-state index in [1.807, 2.05) is 0 Å². The van der Waals surface area contributed by atoms with Crippen LogP contribution in [0.4, 0.5) is 19.7 Å². The van der Waals surface area contributed by atoms with Crippen molar-refractivity contribution in [2.75, 3.05) is 11.9 Å². The summed E-state index contributed by atoms with van der Waals surface area (Å²) >= 11 is 0. The van der Waals surface area contributed by atoms with Crippen molar-refractivity contribution in [1.29, 1.82) is 0 Å². The first-order chi connectivity index (χ1) is 19.7. The molecule has 2 aliphatic rings. The number of aliphatic hydroxyl groups excluding tert-OH is 2. The quantitative estimate of drug-likeness (QED) is 0.189. The Bertz CT molecular complexity index is 1430. The molecule has 228 valence electrons. The van der Waals surface area contributed by atoms with Gasteiger partial charge >= 0.3 is 27.5 Å². The number of urea groups is 2. The van der Waals surface area contributed by atoms with Crippen molar-refractivity contribution in [3.8, 4) is 0 Å². The minimum Gasteiger partial charge on any atom is -0.387 e. The summed E-state index contributed by atoms with van der Waals surface area (Å²) < 4.78 is 52.6. The smallest absolute Gasteiger partial charge is 0.387 e. The van der Waals surface area contributed by atoms with Gasteiger partial charge in [-0.1, -0.05) is 24.3 Å². The predicted octanol–water partition coefficient (Wildman–Crippen LogP) is 2.09. The van der Waals surface area contributed by atoms with Gasteiger partial charge in [0.2, 0.25) is 0 Å². The highest BCUT2D eigenvalue weighted by molar-refractivity contribution is 7.63. The lowest BCUT2D eigenvalue weighted by molar-refractivity contribution is -0.0654. The van der Waals surface area contributed by atoms with Crippen molar-refractivity contribution >= 4 is 33.2 Å². The maximum atomic E-state index is 13.0. The van der Waals surface area contributed by atoms with Crippen LogP contribution in [0.25, 0.3) is 0 Å². The summed E-state index contributed by atoms with van der Waals surface area (Å²) in [5.74, 6) is -0.484. The third-order valence-electron chi connectivity index (χ3n) is 6.22. The molecule has 2 aromatic carbocycles. The molecule has 7 unspecified atom stereocenters. The summed E-state index contributed by atoms with van der Waals surface area (Å²) in [5, 5.41) is 28.2. The second-order valence-corrected chi connectivity index (χ2v) is 12.8. The van der Waals surface area contributed by atoms with E-state index in [0.29, 0.717) is 16.8 Å². The highest BCUT2D eigenvalue weighted by Gasteiger charge is 2.48. The van der Waals surface area contributed by atoms with Crippen LogP contribution in [0.2, 0.25) is 0 Å². The minimum atomic E-state index is -5.14. The van der Waals surface area contributed by atoms with Gasteiger partial charge < -0.3 is 40.7 Å². The fraction of sp³-hybridized carbons (Fsp3) is 0.333. The van der Waals surface area contributed by atoms with Gasteiger partial charge in [0.05, 0.1) is 12.8 Å². The lowest BCUT2D eigenvalue weighted by atomic mass is 10.1. The molecule has 1 fully saturated rings. The summed E-state index contributed by atoms with van der Waals surface area (Å²) in [6.45, 7) is 0.839. The number of aryl methyl sites for hydroxylation is 1. The van der Waals surface area contributed by atoms with Crippen molar-refractivity contribution in [3.63, 3.8) is 0 Å². The van der Waals surface area contributed by atoms with E-state index in [9.17, 15) is 43.1 Å². The van der Waals surface area contributed by atoms with E-state index in [1.165, 1.54) is 24.4 Å². The van der Waals surface area contributed by atoms with Crippen LogP contribution in [0, 0.1) is 12.7 Å². The number of hydrogen-bond acceptors (Lipinski definition) is 9. The summed E-state index contributed by atoms with van der Waals surface area (Å²) in [5.41, 5.74) is 1.39. The molecule has 0 aromatic heterocycles. The highest BCUT2D eigenvalue weighted by Crippen LogP contribution is 2.61. The lowest BCUT2D eigenvalue weighted by Gasteiger charge is -2.32. The molecule has 1 saturated heterocycles. The van der Waals surface area contributed by atoms with Crippen LogP contribution in [-0.4, -0.2) is 74.3 Å². The largest absolute Gasteiger partial charge is 0.479 e. The maximum Gasteiger partial charge on any atom is 0.479 e. The Kier molecular flexibility index (Phi) is 9.83. The number of nitrogens with zero attached hydrogens (tertiary/aromatic N) is 1. The van der Waals surface area contributed by atoms with Gasteiger partial charge in [0.15, 0.2) is 6.23 Å². The van der Waals surface area contributed by atoms with Crippen molar-refractivity contribution in [2.45, 2.75) is 43.8 Å². The van der Waals surface area contributed by atoms with E-state index in [-0.39, 0.29) is 0 Å². The molecule has 0 aliphatic carbocycles. The number of nitrogens with one attached hydrogen (secondary N) is 3. The number of aliphatic hydroxyl groups is 2. The Hall–Kier alpha value is -3.17. The van der Waals surface area contributed by atoms with E-state index >= 15 is 0 Å². The molecule has 0 saturated carbocycles. The Morgan fingerprint density at radius 3 is 2.48 bits per heavy atom. The first-order valence-electron chi connectivity index (χ1n) is 12.4. The van der Waals surface area contributed by atoms with Crippen molar-refractivity contribution < 1.29 is 56.7 Å². The summed E-state index contributed by atoms with van der Waals surface area (Å²) in [6.07, 6.45) is -5.32. The average Bonchev–Trinajstić information content (AvgIpc) is 3.18. The molecule has 0 spiro atoms. The van der Waals surface area contributed by atoms with Gasteiger partial charge in [-0.3, -0.25) is 14.0 Å². The molecule has 7 atom stereocenters. The first kappa shape index (κ1) is 31.8. The lowest BCUT2D eigenvalue weighted by Crippen LogP contribution is -2.57. The monoisotopic (exact) mass is 630 g/mol. The molecule has 0 bridgehead atoms. The van der Waals surface area contributed by atoms with Gasteiger partial charge in [-0.05, 0) is 48.4 Å². The Morgan fingerprint density at radius 2 is 1.81 bits per heavy atom. The Labute approximate surface area is 239 Å². The van der Waals surface area contributed by atoms with Crippen molar-refractivity contribution in [3.05, 3.63) is 77.8 Å². The van der Waals surface area contributed by atoms with Gasteiger partial charge in [-0.25, -0.2) is 22.9 Å². The van der Waals surface area contributed by atoms with Gasteiger partial charge in [-0.2, -0.15) is 0 Å². The molecule has 2 aromatic rings. The second kappa shape index (κ2) is 13.0. The van der Waals surface area contributed by atoms with Crippen LogP contribution in [0.5, 0.6) is 0 Å². The molecule has 15 nitrogen and oxygen atoms in total. The number of hydrogen-bond donors (Lipinski definition) is 7. The third-order valence-corrected chi connectivity index (χ3v) is 9.28. The van der Waals surface area contributed by atoms with Gasteiger partial charge in [-0.15, -0.1) is 0 Å². The van der Waals surface area contributed by atoms with Crippen LogP contribution in [0.15, 0.2) is 60.8 Å². The number of carbonyl (C=O) groups is 2. The fourth-order valence-corrected chi connectivity index (χ4v) is 6.94. The SMILES string of the molecule is Cc1ccccc1CP(=O)(O)OP(=O)(O)OCC1OC(N2C=CC(NC(=O)Nc3ccc(F)cc3)NC2=O)C(O)C1O. The highest BCUT2D eigenvalue weighted by atomic mass is 31.3. The Balaban J connectivity index is 1.30. The zero-order chi connectivity index (χ0) is 30.7. The van der Waals surface area contributed by atoms with E-state index < -0.39 is 76.8 Å². The average molecular weight is 630 g/mol. The van der Waals surface area contributed by atoms with Crippen LogP contribution in [0.1, 0.15) is 11.1 Å².